The minimum atomic E-state index is -1.71. The number of unbranched alkanes of at least 4 members (excludes halogenated alkanes) is 6. The Bertz CT molecular complexity index is 936. The summed E-state index contributed by atoms with van der Waals surface area (Å²) in [5.74, 6) is 0. The number of halogens is 1. The van der Waals surface area contributed by atoms with E-state index in [1.165, 1.54) is 60.6 Å². The molecule has 224 valence electrons. The van der Waals surface area contributed by atoms with Gasteiger partial charge in [0.15, 0.2) is 6.29 Å². The highest BCUT2D eigenvalue weighted by Crippen LogP contribution is 2.55. The molecule has 0 atom stereocenters. The molecule has 0 spiro atoms. The van der Waals surface area contributed by atoms with Crippen LogP contribution in [0.5, 0.6) is 0 Å². The summed E-state index contributed by atoms with van der Waals surface area (Å²) in [6.07, 6.45) is 18.7. The van der Waals surface area contributed by atoms with Gasteiger partial charge in [0, 0.05) is 13.2 Å². The lowest BCUT2D eigenvalue weighted by molar-refractivity contribution is -0.147. The van der Waals surface area contributed by atoms with Crippen molar-refractivity contribution in [2.24, 2.45) is 0 Å². The zero-order valence-corrected chi connectivity index (χ0v) is 27.9. The summed E-state index contributed by atoms with van der Waals surface area (Å²) < 4.78 is 12.0. The van der Waals surface area contributed by atoms with Crippen LogP contribution in [0.3, 0.4) is 0 Å². The molecule has 0 N–H and O–H groups in total. The molecule has 0 aliphatic heterocycles. The van der Waals surface area contributed by atoms with Gasteiger partial charge < -0.3 is 26.5 Å². The molecule has 41 heavy (non-hydrogen) atoms. The maximum Gasteiger partial charge on any atom is 0.157 e. The van der Waals surface area contributed by atoms with E-state index in [-0.39, 0.29) is 23.3 Å². The van der Waals surface area contributed by atoms with Gasteiger partial charge in [-0.2, -0.15) is 0 Å². The Morgan fingerprint density at radius 3 is 1.44 bits per heavy atom. The highest BCUT2D eigenvalue weighted by atomic mass is 79.9. The van der Waals surface area contributed by atoms with Gasteiger partial charge in [0.1, 0.15) is 23.2 Å². The molecule has 0 aliphatic carbocycles. The van der Waals surface area contributed by atoms with E-state index in [0.29, 0.717) is 0 Å². The Labute approximate surface area is 262 Å². The van der Waals surface area contributed by atoms with Crippen LogP contribution >= 0.6 is 7.26 Å². The lowest BCUT2D eigenvalue weighted by Gasteiger charge is -2.27. The summed E-state index contributed by atoms with van der Waals surface area (Å²) in [7, 11) is -1.71. The number of ether oxygens (including phenoxy) is 2. The van der Waals surface area contributed by atoms with Gasteiger partial charge in [-0.15, -0.1) is 0 Å². The Kier molecular flexibility index (Phi) is 18.9. The summed E-state index contributed by atoms with van der Waals surface area (Å²) in [4.78, 5) is 0. The fraction of sp³-hybridized carbons (Fsp3) is 0.459. The summed E-state index contributed by atoms with van der Waals surface area (Å²) in [5.41, 5.74) is 0. The molecule has 2 nitrogen and oxygen atoms in total. The van der Waals surface area contributed by atoms with E-state index in [4.69, 9.17) is 9.47 Å². The van der Waals surface area contributed by atoms with E-state index >= 15 is 0 Å². The van der Waals surface area contributed by atoms with Crippen LogP contribution in [-0.4, -0.2) is 25.7 Å². The molecule has 4 heteroatoms. The SMILES string of the molecule is CCCCOC(CCCCC/C=C\CCC[P+](c1ccccc1)(c1ccccc1)c1ccccc1)OCCCC.[Br-]. The molecule has 3 aromatic rings. The van der Waals surface area contributed by atoms with Gasteiger partial charge >= 0.3 is 0 Å². The Morgan fingerprint density at radius 2 is 1.00 bits per heavy atom. The highest BCUT2D eigenvalue weighted by molar-refractivity contribution is 7.95. The van der Waals surface area contributed by atoms with Crippen molar-refractivity contribution < 1.29 is 26.5 Å². The Morgan fingerprint density at radius 1 is 0.561 bits per heavy atom. The number of benzene rings is 3. The number of allylic oxidation sites excluding steroid dienone is 2. The van der Waals surface area contributed by atoms with Crippen molar-refractivity contribution in [1.82, 2.24) is 0 Å². The van der Waals surface area contributed by atoms with E-state index in [2.05, 4.69) is 117 Å². The summed E-state index contributed by atoms with van der Waals surface area (Å²) >= 11 is 0. The number of rotatable bonds is 21. The van der Waals surface area contributed by atoms with E-state index in [1.54, 1.807) is 0 Å². The van der Waals surface area contributed by atoms with E-state index in [9.17, 15) is 0 Å². The van der Waals surface area contributed by atoms with Crippen molar-refractivity contribution in [2.75, 3.05) is 19.4 Å². The van der Waals surface area contributed by atoms with Gasteiger partial charge in [0.2, 0.25) is 0 Å². The average Bonchev–Trinajstić information content (AvgIpc) is 3.01. The molecule has 0 unspecified atom stereocenters. The van der Waals surface area contributed by atoms with Crippen LogP contribution < -0.4 is 32.9 Å². The molecule has 0 heterocycles. The zero-order chi connectivity index (χ0) is 28.1. The third-order valence-electron chi connectivity index (χ3n) is 7.54. The van der Waals surface area contributed by atoms with Crippen LogP contribution in [0.15, 0.2) is 103 Å². The average molecular weight is 640 g/mol. The third kappa shape index (κ3) is 12.2. The second-order valence-corrected chi connectivity index (χ2v) is 14.3. The van der Waals surface area contributed by atoms with Gasteiger partial charge in [0.05, 0.1) is 6.16 Å². The summed E-state index contributed by atoms with van der Waals surface area (Å²) in [6.45, 7) is 6.05. The van der Waals surface area contributed by atoms with Crippen LogP contribution in [0.2, 0.25) is 0 Å². The second-order valence-electron chi connectivity index (χ2n) is 10.7. The molecule has 0 bridgehead atoms. The second kappa shape index (κ2) is 21.9. The molecular weight excluding hydrogens is 587 g/mol. The van der Waals surface area contributed by atoms with Crippen LogP contribution in [0.4, 0.5) is 0 Å². The molecule has 0 radical (unpaired) electrons. The maximum absolute atomic E-state index is 5.99. The molecule has 0 amide bonds. The van der Waals surface area contributed by atoms with Crippen molar-refractivity contribution in [3.63, 3.8) is 0 Å². The Balaban J connectivity index is 0.00000588. The Hall–Kier alpha value is -1.77. The monoisotopic (exact) mass is 638 g/mol. The number of hydrogen-bond donors (Lipinski definition) is 0. The first kappa shape index (κ1) is 35.4. The van der Waals surface area contributed by atoms with Gasteiger partial charge in [-0.3, -0.25) is 0 Å². The fourth-order valence-electron chi connectivity index (χ4n) is 5.25. The largest absolute Gasteiger partial charge is 1.00 e. The van der Waals surface area contributed by atoms with Gasteiger partial charge in [-0.25, -0.2) is 0 Å². The summed E-state index contributed by atoms with van der Waals surface area (Å²) in [5, 5.41) is 4.44. The van der Waals surface area contributed by atoms with E-state index in [0.717, 1.165) is 45.3 Å². The highest BCUT2D eigenvalue weighted by Gasteiger charge is 2.44. The molecule has 0 aliphatic rings. The smallest absolute Gasteiger partial charge is 0.157 e. The van der Waals surface area contributed by atoms with Gasteiger partial charge in [0.25, 0.3) is 0 Å². The fourth-order valence-corrected chi connectivity index (χ4v) is 9.62. The minimum absolute atomic E-state index is 0. The van der Waals surface area contributed by atoms with Crippen LogP contribution in [0, 0.1) is 0 Å². The normalized spacial score (nSPS) is 11.7. The lowest BCUT2D eigenvalue weighted by Crippen LogP contribution is -3.00. The van der Waals surface area contributed by atoms with E-state index < -0.39 is 7.26 Å². The van der Waals surface area contributed by atoms with Crippen molar-refractivity contribution in [3.8, 4) is 0 Å². The predicted molar refractivity (Wildman–Crippen MR) is 177 cm³/mol. The molecule has 0 saturated heterocycles. The molecular formula is C37H52BrO2P. The number of hydrogen-bond acceptors (Lipinski definition) is 2. The van der Waals surface area contributed by atoms with Gasteiger partial charge in [-0.1, -0.05) is 99.9 Å². The predicted octanol–water partition coefficient (Wildman–Crippen LogP) is 6.23. The first-order chi connectivity index (χ1) is 19.8. The van der Waals surface area contributed by atoms with Crippen molar-refractivity contribution >= 4 is 23.2 Å². The molecule has 3 aromatic carbocycles. The van der Waals surface area contributed by atoms with Gasteiger partial charge in [-0.05, 0) is 87.8 Å². The molecule has 0 aromatic heterocycles. The van der Waals surface area contributed by atoms with Crippen LogP contribution in [0.1, 0.15) is 84.5 Å². The quantitative estimate of drug-likeness (QED) is 0.0596. The standard InChI is InChI=1S/C37H52O2P.BrH/c1-3-5-31-38-37(39-32-6-4-2)30-22-11-9-7-8-10-12-23-33-40(34-24-16-13-17-25-34,35-26-18-14-19-27-35)36-28-20-15-21-29-36;/h8,10,13-21,24-29,37H,3-7,9,11-12,22-23,30-33H2,1-2H3;1H/q+1;/p-1/b10-8-;. The zero-order valence-electron chi connectivity index (χ0n) is 25.4. The molecule has 3 rings (SSSR count). The van der Waals surface area contributed by atoms with E-state index in [1.807, 2.05) is 0 Å². The minimum Gasteiger partial charge on any atom is -1.00 e. The molecule has 0 saturated carbocycles. The van der Waals surface area contributed by atoms with Crippen LogP contribution in [0.25, 0.3) is 0 Å². The third-order valence-corrected chi connectivity index (χ3v) is 12.1. The van der Waals surface area contributed by atoms with Crippen LogP contribution in [-0.2, 0) is 9.47 Å². The van der Waals surface area contributed by atoms with Crippen molar-refractivity contribution in [3.05, 3.63) is 103 Å². The topological polar surface area (TPSA) is 18.5 Å². The van der Waals surface area contributed by atoms with Crippen molar-refractivity contribution in [2.45, 2.75) is 90.8 Å². The maximum atomic E-state index is 5.99. The first-order valence-corrected chi connectivity index (χ1v) is 17.7. The van der Waals surface area contributed by atoms with Crippen molar-refractivity contribution in [1.29, 1.82) is 0 Å². The first-order valence-electron chi connectivity index (χ1n) is 15.7. The summed E-state index contributed by atoms with van der Waals surface area (Å²) in [6, 6.07) is 33.7. The lowest BCUT2D eigenvalue weighted by atomic mass is 10.1. The molecule has 0 fully saturated rings.